The molecule has 0 bridgehead atoms. The van der Waals surface area contributed by atoms with Crippen molar-refractivity contribution in [2.75, 3.05) is 7.05 Å². The van der Waals surface area contributed by atoms with Crippen molar-refractivity contribution in [3.05, 3.63) is 71.3 Å². The third-order valence-corrected chi connectivity index (χ3v) is 4.21. The van der Waals surface area contributed by atoms with Crippen LogP contribution in [0.4, 0.5) is 0 Å². The summed E-state index contributed by atoms with van der Waals surface area (Å²) in [5.41, 5.74) is 3.68. The quantitative estimate of drug-likeness (QED) is 0.850. The number of amides is 1. The summed E-state index contributed by atoms with van der Waals surface area (Å²) < 4.78 is 0. The lowest BCUT2D eigenvalue weighted by Crippen LogP contribution is -2.42. The van der Waals surface area contributed by atoms with Gasteiger partial charge in [0.2, 0.25) is 5.91 Å². The zero-order valence-corrected chi connectivity index (χ0v) is 14.3. The lowest BCUT2D eigenvalue weighted by molar-refractivity contribution is -0.125. The molecule has 23 heavy (non-hydrogen) atoms. The summed E-state index contributed by atoms with van der Waals surface area (Å²) in [4.78, 5) is 14.4. The fourth-order valence-electron chi connectivity index (χ4n) is 2.44. The van der Waals surface area contributed by atoms with Crippen LogP contribution < -0.4 is 5.32 Å². The van der Waals surface area contributed by atoms with E-state index in [0.29, 0.717) is 6.54 Å². The molecule has 0 aliphatic carbocycles. The first-order chi connectivity index (χ1) is 11.1. The smallest absolute Gasteiger partial charge is 0.237 e. The first-order valence-corrected chi connectivity index (χ1v) is 8.20. The number of nitrogens with one attached hydrogen (secondary N) is 1. The van der Waals surface area contributed by atoms with E-state index in [2.05, 4.69) is 41.4 Å². The lowest BCUT2D eigenvalue weighted by atomic mass is 10.1. The Kier molecular flexibility index (Phi) is 6.36. The van der Waals surface area contributed by atoms with Crippen LogP contribution in [0.25, 0.3) is 0 Å². The molecule has 0 aliphatic heterocycles. The largest absolute Gasteiger partial charge is 0.351 e. The molecule has 122 valence electrons. The average molecular weight is 310 g/mol. The van der Waals surface area contributed by atoms with Gasteiger partial charge in [-0.25, -0.2) is 0 Å². The minimum absolute atomic E-state index is 0.0570. The van der Waals surface area contributed by atoms with Crippen LogP contribution in [0.1, 0.15) is 30.5 Å². The molecular weight excluding hydrogens is 284 g/mol. The number of hydrogen-bond donors (Lipinski definition) is 1. The maximum absolute atomic E-state index is 12.3. The van der Waals surface area contributed by atoms with Gasteiger partial charge in [0.1, 0.15) is 0 Å². The zero-order chi connectivity index (χ0) is 16.7. The van der Waals surface area contributed by atoms with Crippen molar-refractivity contribution in [1.82, 2.24) is 10.2 Å². The van der Waals surface area contributed by atoms with E-state index in [1.54, 1.807) is 0 Å². The zero-order valence-electron chi connectivity index (χ0n) is 14.3. The van der Waals surface area contributed by atoms with Crippen LogP contribution in [0.15, 0.2) is 54.6 Å². The molecule has 1 N–H and O–H groups in total. The topological polar surface area (TPSA) is 32.3 Å². The van der Waals surface area contributed by atoms with Gasteiger partial charge in [-0.2, -0.15) is 0 Å². The molecule has 2 aromatic carbocycles. The Balaban J connectivity index is 1.85. The number of carbonyl (C=O) groups is 1. The van der Waals surface area contributed by atoms with E-state index in [-0.39, 0.29) is 11.9 Å². The second-order valence-corrected chi connectivity index (χ2v) is 5.96. The van der Waals surface area contributed by atoms with Gasteiger partial charge < -0.3 is 5.32 Å². The van der Waals surface area contributed by atoms with Gasteiger partial charge in [0, 0.05) is 13.1 Å². The summed E-state index contributed by atoms with van der Waals surface area (Å²) in [6, 6.07) is 18.4. The van der Waals surface area contributed by atoms with Crippen LogP contribution in [0.5, 0.6) is 0 Å². The Morgan fingerprint density at radius 3 is 2.22 bits per heavy atom. The number of carbonyl (C=O) groups excluding carboxylic acids is 1. The molecule has 1 amide bonds. The van der Waals surface area contributed by atoms with Gasteiger partial charge in [0.05, 0.1) is 6.04 Å². The third kappa shape index (κ3) is 5.22. The maximum atomic E-state index is 12.3. The van der Waals surface area contributed by atoms with Crippen molar-refractivity contribution in [1.29, 1.82) is 0 Å². The number of benzene rings is 2. The fourth-order valence-corrected chi connectivity index (χ4v) is 2.44. The second kappa shape index (κ2) is 8.49. The molecule has 0 fully saturated rings. The molecule has 0 radical (unpaired) electrons. The number of rotatable bonds is 7. The number of aryl methyl sites for hydroxylation is 1. The predicted molar refractivity (Wildman–Crippen MR) is 95.0 cm³/mol. The maximum Gasteiger partial charge on any atom is 0.237 e. The van der Waals surface area contributed by atoms with Crippen molar-refractivity contribution in [2.45, 2.75) is 39.4 Å². The minimum atomic E-state index is -0.162. The van der Waals surface area contributed by atoms with Gasteiger partial charge in [0.15, 0.2) is 0 Å². The van der Waals surface area contributed by atoms with Crippen molar-refractivity contribution in [3.63, 3.8) is 0 Å². The van der Waals surface area contributed by atoms with Gasteiger partial charge in [0.25, 0.3) is 0 Å². The van der Waals surface area contributed by atoms with Gasteiger partial charge in [-0.15, -0.1) is 0 Å². The Labute approximate surface area is 139 Å². The van der Waals surface area contributed by atoms with Gasteiger partial charge in [-0.05, 0) is 37.1 Å². The molecule has 0 aliphatic rings. The number of nitrogens with zero attached hydrogens (tertiary/aromatic N) is 1. The first-order valence-electron chi connectivity index (χ1n) is 8.20. The van der Waals surface area contributed by atoms with Gasteiger partial charge >= 0.3 is 0 Å². The van der Waals surface area contributed by atoms with Crippen molar-refractivity contribution < 1.29 is 4.79 Å². The Hall–Kier alpha value is -2.13. The van der Waals surface area contributed by atoms with Crippen LogP contribution >= 0.6 is 0 Å². The molecule has 0 unspecified atom stereocenters. The molecular formula is C20H26N2O. The van der Waals surface area contributed by atoms with Crippen LogP contribution in [-0.4, -0.2) is 23.9 Å². The van der Waals surface area contributed by atoms with E-state index in [4.69, 9.17) is 0 Å². The molecule has 0 spiro atoms. The SMILES string of the molecule is CCc1ccc(CN(C)[C@H](C)C(=O)NCc2ccccc2)cc1. The number of likely N-dealkylation sites (N-methyl/N-ethyl adjacent to an activating group) is 1. The van der Waals surface area contributed by atoms with Crippen molar-refractivity contribution in [3.8, 4) is 0 Å². The number of hydrogen-bond acceptors (Lipinski definition) is 2. The molecule has 3 nitrogen and oxygen atoms in total. The highest BCUT2D eigenvalue weighted by Crippen LogP contribution is 2.09. The van der Waals surface area contributed by atoms with E-state index in [9.17, 15) is 4.79 Å². The molecule has 2 aromatic rings. The van der Waals surface area contributed by atoms with Crippen LogP contribution in [0.3, 0.4) is 0 Å². The molecule has 0 heterocycles. The molecule has 1 atom stereocenters. The molecule has 2 rings (SSSR count). The van der Waals surface area contributed by atoms with E-state index in [1.807, 2.05) is 44.3 Å². The van der Waals surface area contributed by atoms with E-state index < -0.39 is 0 Å². The van der Waals surface area contributed by atoms with Gasteiger partial charge in [-0.3, -0.25) is 9.69 Å². The summed E-state index contributed by atoms with van der Waals surface area (Å²) >= 11 is 0. The van der Waals surface area contributed by atoms with Crippen LogP contribution in [-0.2, 0) is 24.3 Å². The highest BCUT2D eigenvalue weighted by Gasteiger charge is 2.17. The summed E-state index contributed by atoms with van der Waals surface area (Å²) in [6.45, 7) is 5.44. The summed E-state index contributed by atoms with van der Waals surface area (Å²) in [7, 11) is 1.99. The summed E-state index contributed by atoms with van der Waals surface area (Å²) in [6.07, 6.45) is 1.05. The highest BCUT2D eigenvalue weighted by molar-refractivity contribution is 5.81. The molecule has 0 aromatic heterocycles. The Morgan fingerprint density at radius 2 is 1.61 bits per heavy atom. The fraction of sp³-hybridized carbons (Fsp3) is 0.350. The predicted octanol–water partition coefficient (Wildman–Crippen LogP) is 3.39. The Morgan fingerprint density at radius 1 is 1.00 bits per heavy atom. The average Bonchev–Trinajstić information content (AvgIpc) is 2.60. The Bertz CT molecular complexity index is 607. The van der Waals surface area contributed by atoms with E-state index in [1.165, 1.54) is 11.1 Å². The molecule has 3 heteroatoms. The highest BCUT2D eigenvalue weighted by atomic mass is 16.2. The van der Waals surface area contributed by atoms with Crippen molar-refractivity contribution in [2.24, 2.45) is 0 Å². The van der Waals surface area contributed by atoms with Crippen molar-refractivity contribution >= 4 is 5.91 Å². The summed E-state index contributed by atoms with van der Waals surface area (Å²) in [5.74, 6) is 0.0570. The van der Waals surface area contributed by atoms with Crippen LogP contribution in [0, 0.1) is 0 Å². The first kappa shape index (κ1) is 17.2. The minimum Gasteiger partial charge on any atom is -0.351 e. The van der Waals surface area contributed by atoms with E-state index in [0.717, 1.165) is 18.5 Å². The molecule has 0 saturated heterocycles. The van der Waals surface area contributed by atoms with Crippen LogP contribution in [0.2, 0.25) is 0 Å². The standard InChI is InChI=1S/C20H26N2O/c1-4-17-10-12-19(13-11-17)15-22(3)16(2)20(23)21-14-18-8-6-5-7-9-18/h5-13,16H,4,14-15H2,1-3H3,(H,21,23)/t16-/m1/s1. The monoisotopic (exact) mass is 310 g/mol. The third-order valence-electron chi connectivity index (χ3n) is 4.21. The molecule has 0 saturated carbocycles. The lowest BCUT2D eigenvalue weighted by Gasteiger charge is -2.24. The normalized spacial score (nSPS) is 12.2. The summed E-state index contributed by atoms with van der Waals surface area (Å²) in [5, 5.41) is 3.00. The second-order valence-electron chi connectivity index (χ2n) is 5.96. The van der Waals surface area contributed by atoms with E-state index >= 15 is 0 Å². The van der Waals surface area contributed by atoms with Gasteiger partial charge in [-0.1, -0.05) is 61.5 Å².